The standard InChI is InChI=1S/C20H27FN2O3/c1-12-8-14(21)11-22-17(12)18(24)13-9-15-6-5-7-16(10-13)23(15)19(25)26-20(2,3)4/h8,11,13,15-16H,5-7,9-10H2,1-4H3. The molecule has 2 saturated heterocycles. The first-order chi connectivity index (χ1) is 12.2. The van der Waals surface area contributed by atoms with Crippen molar-refractivity contribution in [1.29, 1.82) is 0 Å². The molecule has 6 heteroatoms. The molecule has 1 aromatic heterocycles. The molecule has 2 aliphatic heterocycles. The monoisotopic (exact) mass is 362 g/mol. The summed E-state index contributed by atoms with van der Waals surface area (Å²) in [6.07, 6.45) is 4.87. The zero-order valence-electron chi connectivity index (χ0n) is 15.9. The summed E-state index contributed by atoms with van der Waals surface area (Å²) < 4.78 is 18.9. The molecule has 2 aliphatic rings. The summed E-state index contributed by atoms with van der Waals surface area (Å²) >= 11 is 0. The van der Waals surface area contributed by atoms with Crippen LogP contribution in [0.15, 0.2) is 12.3 Å². The first-order valence-corrected chi connectivity index (χ1v) is 9.33. The second-order valence-corrected chi connectivity index (χ2v) is 8.48. The summed E-state index contributed by atoms with van der Waals surface area (Å²) in [5.41, 5.74) is 0.377. The van der Waals surface area contributed by atoms with E-state index in [4.69, 9.17) is 4.74 Å². The largest absolute Gasteiger partial charge is 0.444 e. The number of piperidine rings is 2. The van der Waals surface area contributed by atoms with Crippen LogP contribution in [0.1, 0.15) is 68.9 Å². The van der Waals surface area contributed by atoms with E-state index in [2.05, 4.69) is 4.98 Å². The average Bonchev–Trinajstić information content (AvgIpc) is 2.51. The lowest BCUT2D eigenvalue weighted by atomic mass is 9.76. The van der Waals surface area contributed by atoms with Crippen LogP contribution in [0.4, 0.5) is 9.18 Å². The highest BCUT2D eigenvalue weighted by Crippen LogP contribution is 2.39. The third-order valence-corrected chi connectivity index (χ3v) is 5.23. The second kappa shape index (κ2) is 6.97. The van der Waals surface area contributed by atoms with E-state index in [-0.39, 0.29) is 29.9 Å². The normalized spacial score (nSPS) is 25.7. The fourth-order valence-electron chi connectivity index (χ4n) is 4.20. The number of ketones is 1. The number of aromatic nitrogens is 1. The zero-order chi connectivity index (χ0) is 19.1. The molecule has 0 aromatic carbocycles. The highest BCUT2D eigenvalue weighted by atomic mass is 19.1. The molecule has 0 spiro atoms. The van der Waals surface area contributed by atoms with Gasteiger partial charge in [-0.05, 0) is 71.4 Å². The molecule has 2 unspecified atom stereocenters. The molecule has 3 rings (SSSR count). The summed E-state index contributed by atoms with van der Waals surface area (Å²) in [7, 11) is 0. The van der Waals surface area contributed by atoms with E-state index in [0.717, 1.165) is 25.5 Å². The average molecular weight is 362 g/mol. The van der Waals surface area contributed by atoms with E-state index in [9.17, 15) is 14.0 Å². The smallest absolute Gasteiger partial charge is 0.410 e. The number of aryl methyl sites for hydroxylation is 1. The van der Waals surface area contributed by atoms with Crippen LogP contribution in [0, 0.1) is 18.7 Å². The number of halogens is 1. The fourth-order valence-corrected chi connectivity index (χ4v) is 4.20. The van der Waals surface area contributed by atoms with Gasteiger partial charge < -0.3 is 9.64 Å². The first kappa shape index (κ1) is 18.8. The molecule has 3 heterocycles. The lowest BCUT2D eigenvalue weighted by molar-refractivity contribution is -0.0261. The van der Waals surface area contributed by atoms with E-state index in [0.29, 0.717) is 24.1 Å². The number of Topliss-reactive ketones (excluding diaryl/α,β-unsaturated/α-hetero) is 1. The second-order valence-electron chi connectivity index (χ2n) is 8.48. The van der Waals surface area contributed by atoms with Gasteiger partial charge in [0, 0.05) is 18.0 Å². The van der Waals surface area contributed by atoms with Gasteiger partial charge in [-0.15, -0.1) is 0 Å². The summed E-state index contributed by atoms with van der Waals surface area (Å²) in [6.45, 7) is 7.29. The van der Waals surface area contributed by atoms with Crippen molar-refractivity contribution in [3.8, 4) is 0 Å². The Kier molecular flexibility index (Phi) is 5.04. The van der Waals surface area contributed by atoms with Crippen molar-refractivity contribution < 1.29 is 18.7 Å². The summed E-state index contributed by atoms with van der Waals surface area (Å²) in [5, 5.41) is 0. The molecule has 2 atom stereocenters. The molecule has 0 N–H and O–H groups in total. The number of hydrogen-bond acceptors (Lipinski definition) is 4. The van der Waals surface area contributed by atoms with Crippen LogP contribution in [-0.2, 0) is 4.74 Å². The van der Waals surface area contributed by atoms with E-state index in [1.54, 1.807) is 6.92 Å². The van der Waals surface area contributed by atoms with Gasteiger partial charge in [-0.3, -0.25) is 4.79 Å². The van der Waals surface area contributed by atoms with Gasteiger partial charge in [0.15, 0.2) is 5.78 Å². The lowest BCUT2D eigenvalue weighted by Gasteiger charge is -2.48. The quantitative estimate of drug-likeness (QED) is 0.737. The number of pyridine rings is 1. The third-order valence-electron chi connectivity index (χ3n) is 5.23. The van der Waals surface area contributed by atoms with Gasteiger partial charge >= 0.3 is 6.09 Å². The minimum atomic E-state index is -0.535. The van der Waals surface area contributed by atoms with Gasteiger partial charge in [-0.1, -0.05) is 0 Å². The van der Waals surface area contributed by atoms with Crippen molar-refractivity contribution in [2.45, 2.75) is 77.5 Å². The van der Waals surface area contributed by atoms with Crippen LogP contribution >= 0.6 is 0 Å². The van der Waals surface area contributed by atoms with Crippen LogP contribution in [-0.4, -0.2) is 39.4 Å². The lowest BCUT2D eigenvalue weighted by Crippen LogP contribution is -2.56. The summed E-state index contributed by atoms with van der Waals surface area (Å²) in [6, 6.07) is 1.38. The predicted molar refractivity (Wildman–Crippen MR) is 95.5 cm³/mol. The Hall–Kier alpha value is -1.98. The Labute approximate surface area is 153 Å². The maximum atomic E-state index is 13.3. The number of carbonyl (C=O) groups is 2. The zero-order valence-corrected chi connectivity index (χ0v) is 15.9. The molecule has 2 fully saturated rings. The van der Waals surface area contributed by atoms with E-state index >= 15 is 0 Å². The number of nitrogens with zero attached hydrogens (tertiary/aromatic N) is 2. The van der Waals surface area contributed by atoms with Gasteiger partial charge in [-0.25, -0.2) is 14.2 Å². The minimum Gasteiger partial charge on any atom is -0.444 e. The van der Waals surface area contributed by atoms with Crippen LogP contribution in [0.2, 0.25) is 0 Å². The summed E-state index contributed by atoms with van der Waals surface area (Å²) in [4.78, 5) is 31.4. The molecule has 1 amide bonds. The van der Waals surface area contributed by atoms with Crippen LogP contribution in [0.3, 0.4) is 0 Å². The van der Waals surface area contributed by atoms with Crippen molar-refractivity contribution in [2.24, 2.45) is 5.92 Å². The van der Waals surface area contributed by atoms with Gasteiger partial charge in [0.25, 0.3) is 0 Å². The van der Waals surface area contributed by atoms with Crippen LogP contribution < -0.4 is 0 Å². The maximum Gasteiger partial charge on any atom is 0.410 e. The number of ether oxygens (including phenoxy) is 1. The molecule has 2 bridgehead atoms. The fraction of sp³-hybridized carbons (Fsp3) is 0.650. The van der Waals surface area contributed by atoms with Crippen LogP contribution in [0.25, 0.3) is 0 Å². The number of rotatable bonds is 2. The molecule has 0 radical (unpaired) electrons. The van der Waals surface area contributed by atoms with Crippen molar-refractivity contribution in [3.63, 3.8) is 0 Å². The molecule has 0 saturated carbocycles. The van der Waals surface area contributed by atoms with Crippen molar-refractivity contribution in [2.75, 3.05) is 0 Å². The van der Waals surface area contributed by atoms with Crippen LogP contribution in [0.5, 0.6) is 0 Å². The maximum absolute atomic E-state index is 13.3. The molecular weight excluding hydrogens is 335 g/mol. The number of amides is 1. The van der Waals surface area contributed by atoms with Gasteiger partial charge in [0.1, 0.15) is 17.1 Å². The SMILES string of the molecule is Cc1cc(F)cnc1C(=O)C1CC2CCCC(C1)N2C(=O)OC(C)(C)C. The predicted octanol–water partition coefficient (Wildman–Crippen LogP) is 4.28. The highest BCUT2D eigenvalue weighted by Gasteiger charge is 2.44. The Balaban J connectivity index is 1.77. The van der Waals surface area contributed by atoms with Crippen molar-refractivity contribution in [1.82, 2.24) is 9.88 Å². The Morgan fingerprint density at radius 3 is 2.38 bits per heavy atom. The summed E-state index contributed by atoms with van der Waals surface area (Å²) in [5.74, 6) is -0.653. The molecular formula is C20H27FN2O3. The molecule has 5 nitrogen and oxygen atoms in total. The Morgan fingerprint density at radius 2 is 1.85 bits per heavy atom. The topological polar surface area (TPSA) is 59.5 Å². The molecule has 1 aromatic rings. The molecule has 0 aliphatic carbocycles. The Bertz CT molecular complexity index is 699. The molecule has 142 valence electrons. The van der Waals surface area contributed by atoms with Gasteiger partial charge in [0.2, 0.25) is 0 Å². The van der Waals surface area contributed by atoms with Crippen molar-refractivity contribution >= 4 is 11.9 Å². The number of fused-ring (bicyclic) bond motifs is 2. The number of carbonyl (C=O) groups excluding carboxylic acids is 2. The number of hydrogen-bond donors (Lipinski definition) is 0. The highest BCUT2D eigenvalue weighted by molar-refractivity contribution is 5.97. The van der Waals surface area contributed by atoms with Crippen molar-refractivity contribution in [3.05, 3.63) is 29.3 Å². The first-order valence-electron chi connectivity index (χ1n) is 9.33. The van der Waals surface area contributed by atoms with E-state index in [1.165, 1.54) is 6.07 Å². The van der Waals surface area contributed by atoms with Gasteiger partial charge in [0.05, 0.1) is 6.20 Å². The van der Waals surface area contributed by atoms with Gasteiger partial charge in [-0.2, -0.15) is 0 Å². The van der Waals surface area contributed by atoms with E-state index < -0.39 is 11.4 Å². The minimum absolute atomic E-state index is 0.0204. The van der Waals surface area contributed by atoms with E-state index in [1.807, 2.05) is 25.7 Å². The third kappa shape index (κ3) is 3.89. The molecule has 26 heavy (non-hydrogen) atoms. The Morgan fingerprint density at radius 1 is 1.23 bits per heavy atom.